The number of nitrogens with zero attached hydrogens (tertiary/aromatic N) is 1. The van der Waals surface area contributed by atoms with Crippen LogP contribution in [-0.2, 0) is 34.5 Å². The molecule has 0 saturated heterocycles. The van der Waals surface area contributed by atoms with Gasteiger partial charge in [-0.25, -0.2) is 4.79 Å². The van der Waals surface area contributed by atoms with Gasteiger partial charge >= 0.3 is 24.6 Å². The average Bonchev–Trinajstić information content (AvgIpc) is 2.77. The molecular formula is C24H21F9N2O3. The molecule has 5 nitrogen and oxygen atoms in total. The minimum atomic E-state index is -5.12. The number of benzene rings is 2. The lowest BCUT2D eigenvalue weighted by Gasteiger charge is -2.39. The van der Waals surface area contributed by atoms with E-state index in [1.165, 1.54) is 6.92 Å². The second kappa shape index (κ2) is 10.4. The van der Waals surface area contributed by atoms with Crippen LogP contribution in [0.15, 0.2) is 36.4 Å². The normalized spacial score (nSPS) is 18.1. The van der Waals surface area contributed by atoms with Crippen molar-refractivity contribution in [3.8, 4) is 0 Å². The van der Waals surface area contributed by atoms with Gasteiger partial charge in [0.25, 0.3) is 0 Å². The first-order valence-electron chi connectivity index (χ1n) is 11.2. The van der Waals surface area contributed by atoms with Crippen LogP contribution in [0.4, 0.5) is 50.0 Å². The minimum Gasteiger partial charge on any atom is -0.449 e. The number of nitrogens with one attached hydrogen (secondary N) is 1. The van der Waals surface area contributed by atoms with Crippen LogP contribution in [0.2, 0.25) is 0 Å². The third-order valence-electron chi connectivity index (χ3n) is 5.82. The van der Waals surface area contributed by atoms with E-state index < -0.39 is 71.3 Å². The van der Waals surface area contributed by atoms with Crippen molar-refractivity contribution in [2.45, 2.75) is 57.3 Å². The highest BCUT2D eigenvalue weighted by molar-refractivity contribution is 5.90. The maximum atomic E-state index is 13.4. The maximum Gasteiger partial charge on any atom is 0.416 e. The number of hydrogen-bond acceptors (Lipinski definition) is 3. The number of ether oxygens (including phenoxy) is 1. The van der Waals surface area contributed by atoms with E-state index in [0.29, 0.717) is 12.1 Å². The van der Waals surface area contributed by atoms with Crippen molar-refractivity contribution < 1.29 is 53.8 Å². The number of carbonyl (C=O) groups excluding carboxylic acids is 2. The molecule has 208 valence electrons. The van der Waals surface area contributed by atoms with Crippen molar-refractivity contribution in [3.05, 3.63) is 64.2 Å². The molecule has 1 heterocycles. The van der Waals surface area contributed by atoms with Crippen LogP contribution in [0.25, 0.3) is 0 Å². The van der Waals surface area contributed by atoms with Gasteiger partial charge in [-0.1, -0.05) is 0 Å². The molecule has 38 heavy (non-hydrogen) atoms. The lowest BCUT2D eigenvalue weighted by atomic mass is 9.90. The highest BCUT2D eigenvalue weighted by Gasteiger charge is 2.40. The van der Waals surface area contributed by atoms with E-state index in [9.17, 15) is 49.1 Å². The molecule has 2 amide bonds. The van der Waals surface area contributed by atoms with Crippen LogP contribution >= 0.6 is 0 Å². The Hall–Kier alpha value is -3.45. The topological polar surface area (TPSA) is 58.6 Å². The zero-order valence-corrected chi connectivity index (χ0v) is 19.8. The molecule has 0 fully saturated rings. The minimum absolute atomic E-state index is 0.0129. The molecule has 0 bridgehead atoms. The molecule has 3 rings (SSSR count). The van der Waals surface area contributed by atoms with E-state index in [-0.39, 0.29) is 30.3 Å². The smallest absolute Gasteiger partial charge is 0.416 e. The Morgan fingerprint density at radius 2 is 1.45 bits per heavy atom. The van der Waals surface area contributed by atoms with Gasteiger partial charge in [0, 0.05) is 6.04 Å². The van der Waals surface area contributed by atoms with Crippen molar-refractivity contribution in [3.63, 3.8) is 0 Å². The number of amides is 2. The highest BCUT2D eigenvalue weighted by Crippen LogP contribution is 2.41. The van der Waals surface area contributed by atoms with E-state index in [2.05, 4.69) is 5.32 Å². The number of hydrogen-bond donors (Lipinski definition) is 1. The monoisotopic (exact) mass is 556 g/mol. The fourth-order valence-electron chi connectivity index (χ4n) is 4.20. The number of fused-ring (bicyclic) bond motifs is 1. The molecule has 0 aromatic heterocycles. The first-order valence-corrected chi connectivity index (χ1v) is 11.2. The zero-order chi connectivity index (χ0) is 28.6. The predicted octanol–water partition coefficient (Wildman–Crippen LogP) is 6.90. The Bertz CT molecular complexity index is 1170. The Labute approximate surface area is 210 Å². The molecule has 1 aliphatic rings. The summed E-state index contributed by atoms with van der Waals surface area (Å²) in [5.74, 6) is -1.03. The van der Waals surface area contributed by atoms with E-state index in [1.807, 2.05) is 0 Å². The lowest BCUT2D eigenvalue weighted by Crippen LogP contribution is -2.47. The van der Waals surface area contributed by atoms with Crippen LogP contribution < -0.4 is 10.2 Å². The molecule has 2 aromatic rings. The summed E-state index contributed by atoms with van der Waals surface area (Å²) < 4.78 is 124. The number of alkyl halides is 9. The largest absolute Gasteiger partial charge is 0.449 e. The summed E-state index contributed by atoms with van der Waals surface area (Å²) in [6.45, 7) is 3.05. The summed E-state index contributed by atoms with van der Waals surface area (Å²) in [5.41, 5.74) is -4.98. The Balaban J connectivity index is 1.96. The quantitative estimate of drug-likeness (QED) is 0.417. The molecule has 0 saturated carbocycles. The second-order valence-electron chi connectivity index (χ2n) is 8.64. The van der Waals surface area contributed by atoms with Gasteiger partial charge in [-0.15, -0.1) is 0 Å². The van der Waals surface area contributed by atoms with Gasteiger partial charge in [-0.3, -0.25) is 9.69 Å². The van der Waals surface area contributed by atoms with Crippen LogP contribution in [-0.4, -0.2) is 24.6 Å². The first kappa shape index (κ1) is 29.1. The van der Waals surface area contributed by atoms with Crippen LogP contribution in [0.5, 0.6) is 0 Å². The van der Waals surface area contributed by atoms with Crippen LogP contribution in [0.3, 0.4) is 0 Å². The van der Waals surface area contributed by atoms with Crippen molar-refractivity contribution in [2.24, 2.45) is 0 Å². The maximum absolute atomic E-state index is 13.4. The van der Waals surface area contributed by atoms with Gasteiger partial charge < -0.3 is 10.1 Å². The lowest BCUT2D eigenvalue weighted by molar-refractivity contribution is -0.143. The average molecular weight is 556 g/mol. The predicted molar refractivity (Wildman–Crippen MR) is 116 cm³/mol. The third kappa shape index (κ3) is 6.51. The molecule has 2 atom stereocenters. The van der Waals surface area contributed by atoms with Gasteiger partial charge in [-0.2, -0.15) is 39.5 Å². The number of carbonyl (C=O) groups is 2. The molecule has 0 spiro atoms. The summed E-state index contributed by atoms with van der Waals surface area (Å²) in [5, 5.41) is 2.39. The van der Waals surface area contributed by atoms with E-state index in [4.69, 9.17) is 4.74 Å². The molecule has 1 aliphatic heterocycles. The molecular weight excluding hydrogens is 535 g/mol. The Kier molecular flexibility index (Phi) is 7.94. The summed E-state index contributed by atoms with van der Waals surface area (Å²) in [6.07, 6.45) is -16.9. The summed E-state index contributed by atoms with van der Waals surface area (Å²) >= 11 is 0. The Morgan fingerprint density at radius 3 is 1.95 bits per heavy atom. The highest BCUT2D eigenvalue weighted by atomic mass is 19.4. The fourth-order valence-corrected chi connectivity index (χ4v) is 4.20. The van der Waals surface area contributed by atoms with Crippen molar-refractivity contribution in [2.75, 3.05) is 11.5 Å². The van der Waals surface area contributed by atoms with Crippen molar-refractivity contribution in [1.82, 2.24) is 5.32 Å². The van der Waals surface area contributed by atoms with E-state index in [0.717, 1.165) is 23.1 Å². The Morgan fingerprint density at radius 1 is 0.895 bits per heavy atom. The van der Waals surface area contributed by atoms with E-state index >= 15 is 0 Å². The second-order valence-corrected chi connectivity index (χ2v) is 8.64. The molecule has 2 aromatic carbocycles. The molecule has 1 N–H and O–H groups in total. The zero-order valence-electron chi connectivity index (χ0n) is 19.8. The van der Waals surface area contributed by atoms with E-state index in [1.54, 1.807) is 6.92 Å². The number of anilines is 1. The van der Waals surface area contributed by atoms with Crippen LogP contribution in [0, 0.1) is 0 Å². The summed E-state index contributed by atoms with van der Waals surface area (Å²) in [4.78, 5) is 26.3. The molecule has 0 aliphatic carbocycles. The first-order chi connectivity index (χ1) is 17.4. The number of halogens is 9. The molecule has 0 radical (unpaired) electrons. The van der Waals surface area contributed by atoms with Gasteiger partial charge in [0.15, 0.2) is 0 Å². The van der Waals surface area contributed by atoms with Crippen LogP contribution in [0.1, 0.15) is 54.1 Å². The fraction of sp³-hybridized carbons (Fsp3) is 0.417. The van der Waals surface area contributed by atoms with Crippen molar-refractivity contribution >= 4 is 17.7 Å². The molecule has 14 heteroatoms. The SMILES string of the molecule is CCOC(=O)N1c2ccc(C(F)(F)F)cc2[C@@H](NC(=O)Cc2cc(C(F)(F)F)cc(C(F)(F)F)c2)C[C@H]1C. The number of rotatable bonds is 4. The third-order valence-corrected chi connectivity index (χ3v) is 5.82. The van der Waals surface area contributed by atoms with Crippen molar-refractivity contribution in [1.29, 1.82) is 0 Å². The van der Waals surface area contributed by atoms with Gasteiger partial charge in [0.05, 0.1) is 41.4 Å². The van der Waals surface area contributed by atoms with Gasteiger partial charge in [0.1, 0.15) is 0 Å². The van der Waals surface area contributed by atoms with Gasteiger partial charge in [-0.05, 0) is 67.8 Å². The summed E-state index contributed by atoms with van der Waals surface area (Å²) in [6, 6.07) is 1.40. The standard InChI is InChI=1S/C24H21F9N2O3/c1-3-38-21(37)35-12(2)6-18(17-11-14(22(25,26)27)4-5-19(17)35)34-20(36)9-13-7-15(23(28,29)30)10-16(8-13)24(31,32)33/h4-5,7-8,10-12,18H,3,6,9H2,1-2H3,(H,34,36)/t12-,18+/m1/s1. The van der Waals surface area contributed by atoms with Gasteiger partial charge in [0.2, 0.25) is 5.91 Å². The molecule has 0 unspecified atom stereocenters. The summed E-state index contributed by atoms with van der Waals surface area (Å²) in [7, 11) is 0.